The standard InChI is InChI=1S/C23H18BrF2N7O2/c1-11(35-23-22(28)30-10-18(24)31-23)15-6-12(25)7-16(26)19(15)20-14(4-3-5-29-20)21(34)17-8-13(9-27)33(2)32-17/h3-8,10-11,21,34H,1-2H3,(H2,28,30)/t11-,21?/m1/s1. The van der Waals surface area contributed by atoms with Crippen molar-refractivity contribution in [2.24, 2.45) is 7.05 Å². The van der Waals surface area contributed by atoms with Gasteiger partial charge in [0.05, 0.1) is 17.6 Å². The molecule has 0 aliphatic carbocycles. The minimum atomic E-state index is -1.34. The molecule has 0 amide bonds. The largest absolute Gasteiger partial charge is 0.467 e. The summed E-state index contributed by atoms with van der Waals surface area (Å²) in [4.78, 5) is 12.3. The summed E-state index contributed by atoms with van der Waals surface area (Å²) in [7, 11) is 1.56. The van der Waals surface area contributed by atoms with Gasteiger partial charge in [0.15, 0.2) is 5.82 Å². The van der Waals surface area contributed by atoms with Crippen molar-refractivity contribution in [1.29, 1.82) is 5.26 Å². The van der Waals surface area contributed by atoms with Crippen LogP contribution < -0.4 is 10.5 Å². The number of pyridine rings is 1. The third-order valence-corrected chi connectivity index (χ3v) is 5.60. The fourth-order valence-electron chi connectivity index (χ4n) is 3.58. The summed E-state index contributed by atoms with van der Waals surface area (Å²) in [6.07, 6.45) is 0.526. The van der Waals surface area contributed by atoms with Crippen LogP contribution in [0.15, 0.2) is 47.3 Å². The van der Waals surface area contributed by atoms with Crippen LogP contribution in [0.3, 0.4) is 0 Å². The van der Waals surface area contributed by atoms with Gasteiger partial charge in [-0.2, -0.15) is 10.4 Å². The molecule has 4 rings (SSSR count). The van der Waals surface area contributed by atoms with Crippen molar-refractivity contribution in [3.63, 3.8) is 0 Å². The molecular formula is C23H18BrF2N7O2. The first-order valence-electron chi connectivity index (χ1n) is 10.2. The molecule has 1 unspecified atom stereocenters. The quantitative estimate of drug-likeness (QED) is 0.374. The lowest BCUT2D eigenvalue weighted by Crippen LogP contribution is -2.12. The zero-order valence-corrected chi connectivity index (χ0v) is 20.0. The number of nitrogen functional groups attached to an aromatic ring is 1. The minimum Gasteiger partial charge on any atom is -0.467 e. The molecule has 3 heterocycles. The van der Waals surface area contributed by atoms with Gasteiger partial charge in [-0.1, -0.05) is 6.07 Å². The van der Waals surface area contributed by atoms with Gasteiger partial charge in [0.25, 0.3) is 5.88 Å². The van der Waals surface area contributed by atoms with Crippen LogP contribution in [-0.4, -0.2) is 29.8 Å². The van der Waals surface area contributed by atoms with Gasteiger partial charge in [-0.15, -0.1) is 0 Å². The Labute approximate surface area is 207 Å². The number of rotatable bonds is 6. The Kier molecular flexibility index (Phi) is 6.72. The number of anilines is 1. The normalized spacial score (nSPS) is 12.7. The van der Waals surface area contributed by atoms with Gasteiger partial charge < -0.3 is 15.6 Å². The smallest absolute Gasteiger partial charge is 0.258 e. The summed E-state index contributed by atoms with van der Waals surface area (Å²) >= 11 is 3.18. The highest BCUT2D eigenvalue weighted by Gasteiger charge is 2.27. The molecule has 0 aliphatic rings. The molecule has 178 valence electrons. The summed E-state index contributed by atoms with van der Waals surface area (Å²) in [5, 5.41) is 24.4. The third kappa shape index (κ3) is 4.82. The van der Waals surface area contributed by atoms with Crippen molar-refractivity contribution in [1.82, 2.24) is 24.7 Å². The fourth-order valence-corrected chi connectivity index (χ4v) is 3.84. The molecule has 0 radical (unpaired) electrons. The van der Waals surface area contributed by atoms with E-state index in [4.69, 9.17) is 10.5 Å². The molecule has 1 aromatic carbocycles. The number of hydrogen-bond donors (Lipinski definition) is 2. The molecule has 0 bridgehead atoms. The molecule has 35 heavy (non-hydrogen) atoms. The van der Waals surface area contributed by atoms with Gasteiger partial charge >= 0.3 is 0 Å². The lowest BCUT2D eigenvalue weighted by Gasteiger charge is -2.21. The molecule has 9 nitrogen and oxygen atoms in total. The first-order chi connectivity index (χ1) is 16.7. The second kappa shape index (κ2) is 9.73. The zero-order chi connectivity index (χ0) is 25.3. The van der Waals surface area contributed by atoms with E-state index in [-0.39, 0.29) is 45.5 Å². The van der Waals surface area contributed by atoms with Gasteiger partial charge in [-0.05, 0) is 35.0 Å². The maximum atomic E-state index is 15.3. The lowest BCUT2D eigenvalue weighted by atomic mass is 9.93. The Hall–Kier alpha value is -3.95. The molecule has 3 N–H and O–H groups in total. The van der Waals surface area contributed by atoms with Crippen molar-refractivity contribution in [2.45, 2.75) is 19.1 Å². The van der Waals surface area contributed by atoms with Crippen molar-refractivity contribution < 1.29 is 18.6 Å². The van der Waals surface area contributed by atoms with E-state index in [0.29, 0.717) is 4.60 Å². The van der Waals surface area contributed by atoms with Crippen LogP contribution in [0, 0.1) is 23.0 Å². The number of aryl methyl sites for hydroxylation is 1. The number of benzene rings is 1. The van der Waals surface area contributed by atoms with Crippen LogP contribution in [0.25, 0.3) is 11.3 Å². The van der Waals surface area contributed by atoms with E-state index in [0.717, 1.165) is 12.1 Å². The number of halogens is 3. The summed E-state index contributed by atoms with van der Waals surface area (Å²) in [6, 6.07) is 8.34. The summed E-state index contributed by atoms with van der Waals surface area (Å²) in [5.74, 6) is -1.77. The fraction of sp³-hybridized carbons (Fsp3) is 0.174. The first kappa shape index (κ1) is 24.2. The minimum absolute atomic E-state index is 0.00382. The number of aliphatic hydroxyl groups is 1. The van der Waals surface area contributed by atoms with Gasteiger partial charge in [-0.3, -0.25) is 9.67 Å². The maximum Gasteiger partial charge on any atom is 0.258 e. The number of aromatic nitrogens is 5. The first-order valence-corrected chi connectivity index (χ1v) is 11.0. The monoisotopic (exact) mass is 541 g/mol. The molecule has 0 fully saturated rings. The van der Waals surface area contributed by atoms with Gasteiger partial charge in [-0.25, -0.2) is 18.7 Å². The molecule has 0 saturated carbocycles. The van der Waals surface area contributed by atoms with E-state index in [1.165, 1.54) is 23.1 Å². The van der Waals surface area contributed by atoms with Crippen molar-refractivity contribution in [3.8, 4) is 23.2 Å². The second-order valence-corrected chi connectivity index (χ2v) is 8.34. The molecule has 0 aliphatic heterocycles. The molecule has 3 aromatic heterocycles. The molecule has 0 spiro atoms. The zero-order valence-electron chi connectivity index (χ0n) is 18.4. The van der Waals surface area contributed by atoms with E-state index in [9.17, 15) is 14.8 Å². The number of ether oxygens (including phenoxy) is 1. The Morgan fingerprint density at radius 2 is 2.00 bits per heavy atom. The van der Waals surface area contributed by atoms with Crippen LogP contribution in [0.1, 0.15) is 41.6 Å². The molecule has 0 saturated heterocycles. The number of nitrogens with two attached hydrogens (primary N) is 1. The average Bonchev–Trinajstić information content (AvgIpc) is 3.21. The Bertz CT molecular complexity index is 1450. The number of aliphatic hydroxyl groups excluding tert-OH is 1. The van der Waals surface area contributed by atoms with E-state index < -0.39 is 23.8 Å². The van der Waals surface area contributed by atoms with Gasteiger partial charge in [0, 0.05) is 42.1 Å². The van der Waals surface area contributed by atoms with Gasteiger partial charge in [0.1, 0.15) is 40.2 Å². The Morgan fingerprint density at radius 1 is 1.23 bits per heavy atom. The SMILES string of the molecule is C[C@@H](Oc1nc(Br)cnc1N)c1cc(F)cc(F)c1-c1ncccc1C(O)c1cc(C#N)n(C)n1. The molecular weight excluding hydrogens is 524 g/mol. The van der Waals surface area contributed by atoms with E-state index in [1.807, 2.05) is 6.07 Å². The van der Waals surface area contributed by atoms with Crippen LogP contribution >= 0.6 is 15.9 Å². The van der Waals surface area contributed by atoms with Crippen molar-refractivity contribution in [2.75, 3.05) is 5.73 Å². The number of hydrogen-bond acceptors (Lipinski definition) is 8. The average molecular weight is 542 g/mol. The molecule has 2 atom stereocenters. The number of nitriles is 1. The highest BCUT2D eigenvalue weighted by atomic mass is 79.9. The van der Waals surface area contributed by atoms with E-state index >= 15 is 4.39 Å². The predicted molar refractivity (Wildman–Crippen MR) is 125 cm³/mol. The second-order valence-electron chi connectivity index (χ2n) is 7.53. The summed E-state index contributed by atoms with van der Waals surface area (Å²) < 4.78 is 37.1. The number of nitrogens with zero attached hydrogens (tertiary/aromatic N) is 6. The topological polar surface area (TPSA) is 136 Å². The molecule has 4 aromatic rings. The van der Waals surface area contributed by atoms with E-state index in [1.54, 1.807) is 26.1 Å². The predicted octanol–water partition coefficient (Wildman–Crippen LogP) is 3.99. The highest BCUT2D eigenvalue weighted by Crippen LogP contribution is 2.38. The van der Waals surface area contributed by atoms with Crippen molar-refractivity contribution >= 4 is 21.7 Å². The van der Waals surface area contributed by atoms with Crippen LogP contribution in [0.4, 0.5) is 14.6 Å². The highest BCUT2D eigenvalue weighted by molar-refractivity contribution is 9.10. The Balaban J connectivity index is 1.83. The summed E-state index contributed by atoms with van der Waals surface area (Å²) in [6.45, 7) is 1.57. The van der Waals surface area contributed by atoms with Crippen molar-refractivity contribution in [3.05, 3.63) is 81.5 Å². The molecule has 12 heteroatoms. The van der Waals surface area contributed by atoms with Gasteiger partial charge in [0.2, 0.25) is 0 Å². The summed E-state index contributed by atoms with van der Waals surface area (Å²) in [5.41, 5.74) is 6.52. The van der Waals surface area contributed by atoms with Crippen LogP contribution in [0.2, 0.25) is 0 Å². The van der Waals surface area contributed by atoms with Crippen LogP contribution in [0.5, 0.6) is 5.88 Å². The van der Waals surface area contributed by atoms with E-state index in [2.05, 4.69) is 36.0 Å². The lowest BCUT2D eigenvalue weighted by molar-refractivity contribution is 0.213. The van der Waals surface area contributed by atoms with Crippen LogP contribution in [-0.2, 0) is 7.05 Å². The maximum absolute atomic E-state index is 15.3. The third-order valence-electron chi connectivity index (χ3n) is 5.21. The Morgan fingerprint density at radius 3 is 2.71 bits per heavy atom.